The van der Waals surface area contributed by atoms with Gasteiger partial charge in [0.05, 0.1) is 33.1 Å². The van der Waals surface area contributed by atoms with E-state index in [4.69, 9.17) is 4.42 Å². The van der Waals surface area contributed by atoms with E-state index in [2.05, 4.69) is 185 Å². The van der Waals surface area contributed by atoms with E-state index in [9.17, 15) is 0 Å². The Hall–Kier alpha value is -6.84. The van der Waals surface area contributed by atoms with Crippen molar-refractivity contribution in [2.24, 2.45) is 0 Å². The summed E-state index contributed by atoms with van der Waals surface area (Å²) in [6.45, 7) is 0. The Kier molecular flexibility index (Phi) is 5.96. The first-order valence-electron chi connectivity index (χ1n) is 17.4. The minimum Gasteiger partial charge on any atom is -0.456 e. The van der Waals surface area contributed by atoms with E-state index in [0.29, 0.717) is 0 Å². The molecule has 3 nitrogen and oxygen atoms in total. The zero-order valence-electron chi connectivity index (χ0n) is 27.6. The highest BCUT2D eigenvalue weighted by Gasteiger charge is 2.22. The van der Waals surface area contributed by atoms with Gasteiger partial charge in [-0.25, -0.2) is 0 Å². The third kappa shape index (κ3) is 4.06. The molecule has 0 N–H and O–H groups in total. The first-order chi connectivity index (χ1) is 25.3. The lowest BCUT2D eigenvalue weighted by Crippen LogP contribution is -1.95. The molecule has 11 rings (SSSR count). The number of aromatic nitrogens is 2. The molecule has 0 bridgehead atoms. The van der Waals surface area contributed by atoms with Gasteiger partial charge in [0.25, 0.3) is 0 Å². The lowest BCUT2D eigenvalue weighted by molar-refractivity contribution is 0.669. The molecule has 3 aromatic heterocycles. The van der Waals surface area contributed by atoms with Crippen LogP contribution in [-0.4, -0.2) is 9.13 Å². The molecule has 51 heavy (non-hydrogen) atoms. The van der Waals surface area contributed by atoms with E-state index >= 15 is 0 Å². The molecule has 0 radical (unpaired) electrons. The second-order valence-corrected chi connectivity index (χ2v) is 13.3. The van der Waals surface area contributed by atoms with Gasteiger partial charge in [-0.05, 0) is 76.9 Å². The summed E-state index contributed by atoms with van der Waals surface area (Å²) in [5.41, 5.74) is 13.7. The van der Waals surface area contributed by atoms with Crippen molar-refractivity contribution >= 4 is 65.6 Å². The second-order valence-electron chi connectivity index (χ2n) is 13.3. The highest BCUT2D eigenvalue weighted by Crippen LogP contribution is 2.45. The Morgan fingerprint density at radius 3 is 1.53 bits per heavy atom. The van der Waals surface area contributed by atoms with Crippen LogP contribution >= 0.6 is 0 Å². The van der Waals surface area contributed by atoms with Crippen molar-refractivity contribution in [1.82, 2.24) is 9.13 Å². The summed E-state index contributed by atoms with van der Waals surface area (Å²) < 4.78 is 11.2. The normalized spacial score (nSPS) is 11.9. The maximum atomic E-state index is 6.35. The predicted octanol–water partition coefficient (Wildman–Crippen LogP) is 13.1. The molecule has 0 spiro atoms. The lowest BCUT2D eigenvalue weighted by Gasteiger charge is -2.12. The van der Waals surface area contributed by atoms with Crippen molar-refractivity contribution in [2.45, 2.75) is 0 Å². The molecule has 3 heterocycles. The maximum absolute atomic E-state index is 6.35. The van der Waals surface area contributed by atoms with Gasteiger partial charge in [-0.3, -0.25) is 0 Å². The van der Waals surface area contributed by atoms with E-state index in [1.165, 1.54) is 65.9 Å². The number of rotatable bonds is 4. The highest BCUT2D eigenvalue weighted by atomic mass is 16.3. The number of nitrogens with zero attached hydrogens (tertiary/aromatic N) is 2. The quantitative estimate of drug-likeness (QED) is 0.186. The molecule has 0 unspecified atom stereocenters. The number of hydrogen-bond donors (Lipinski definition) is 0. The molecule has 0 atom stereocenters. The van der Waals surface area contributed by atoms with Crippen molar-refractivity contribution in [3.05, 3.63) is 182 Å². The minimum atomic E-state index is 0.894. The summed E-state index contributed by atoms with van der Waals surface area (Å²) in [6, 6.07) is 65.4. The predicted molar refractivity (Wildman–Crippen MR) is 213 cm³/mol. The van der Waals surface area contributed by atoms with Gasteiger partial charge in [-0.15, -0.1) is 0 Å². The molecule has 0 aliphatic heterocycles. The van der Waals surface area contributed by atoms with Crippen LogP contribution in [0.4, 0.5) is 0 Å². The van der Waals surface area contributed by atoms with Gasteiger partial charge in [0.15, 0.2) is 0 Å². The molecule has 238 valence electrons. The zero-order chi connectivity index (χ0) is 33.5. The first kappa shape index (κ1) is 28.0. The number of para-hydroxylation sites is 3. The van der Waals surface area contributed by atoms with Crippen LogP contribution in [0, 0.1) is 0 Å². The third-order valence-electron chi connectivity index (χ3n) is 10.5. The molecule has 11 aromatic rings. The van der Waals surface area contributed by atoms with Crippen LogP contribution in [0.25, 0.3) is 99.2 Å². The van der Waals surface area contributed by atoms with Crippen LogP contribution < -0.4 is 0 Å². The number of hydrogen-bond acceptors (Lipinski definition) is 1. The van der Waals surface area contributed by atoms with E-state index in [-0.39, 0.29) is 0 Å². The third-order valence-corrected chi connectivity index (χ3v) is 10.5. The van der Waals surface area contributed by atoms with E-state index < -0.39 is 0 Å². The van der Waals surface area contributed by atoms with Crippen LogP contribution in [0.2, 0.25) is 0 Å². The fraction of sp³-hybridized carbons (Fsp3) is 0. The van der Waals surface area contributed by atoms with Gasteiger partial charge >= 0.3 is 0 Å². The van der Waals surface area contributed by atoms with Gasteiger partial charge in [-0.2, -0.15) is 0 Å². The average molecular weight is 651 g/mol. The van der Waals surface area contributed by atoms with Gasteiger partial charge in [-0.1, -0.05) is 127 Å². The van der Waals surface area contributed by atoms with Crippen LogP contribution in [-0.2, 0) is 0 Å². The van der Waals surface area contributed by atoms with Crippen molar-refractivity contribution in [3.63, 3.8) is 0 Å². The minimum absolute atomic E-state index is 0.894. The summed E-state index contributed by atoms with van der Waals surface area (Å²) in [4.78, 5) is 0. The molecule has 3 heteroatoms. The summed E-state index contributed by atoms with van der Waals surface area (Å²) in [5.74, 6) is 0. The molecule has 0 aliphatic rings. The zero-order valence-corrected chi connectivity index (χ0v) is 27.6. The van der Waals surface area contributed by atoms with Crippen LogP contribution in [0.1, 0.15) is 0 Å². The summed E-state index contributed by atoms with van der Waals surface area (Å²) in [7, 11) is 0. The molecule has 0 aliphatic carbocycles. The fourth-order valence-corrected chi connectivity index (χ4v) is 8.40. The smallest absolute Gasteiger partial charge is 0.137 e. The SMILES string of the molecule is c1ccc(-c2ccc(-n3c4ccccc4c4c(-c5cccc6c5c5ccccc5n6-c5cccc6oc7ccccc7c56)cccc43)cc2)cc1. The average Bonchev–Trinajstić information content (AvgIpc) is 3.86. The topological polar surface area (TPSA) is 23.0 Å². The van der Waals surface area contributed by atoms with Gasteiger partial charge in [0.1, 0.15) is 11.2 Å². The Labute approximate surface area is 293 Å². The number of fused-ring (bicyclic) bond motifs is 9. The largest absolute Gasteiger partial charge is 0.456 e. The number of furan rings is 1. The highest BCUT2D eigenvalue weighted by molar-refractivity contribution is 6.23. The lowest BCUT2D eigenvalue weighted by atomic mass is 9.95. The molecular weight excluding hydrogens is 621 g/mol. The van der Waals surface area contributed by atoms with E-state index in [0.717, 1.165) is 33.3 Å². The Morgan fingerprint density at radius 2 is 0.824 bits per heavy atom. The Bertz CT molecular complexity index is 3120. The molecule has 0 saturated heterocycles. The van der Waals surface area contributed by atoms with E-state index in [1.807, 2.05) is 6.07 Å². The van der Waals surface area contributed by atoms with Crippen LogP contribution in [0.15, 0.2) is 186 Å². The Balaban J connectivity index is 1.19. The number of benzene rings is 8. The van der Waals surface area contributed by atoms with E-state index in [1.54, 1.807) is 0 Å². The van der Waals surface area contributed by atoms with Crippen molar-refractivity contribution in [2.75, 3.05) is 0 Å². The molecule has 0 saturated carbocycles. The van der Waals surface area contributed by atoms with Crippen LogP contribution in [0.5, 0.6) is 0 Å². The van der Waals surface area contributed by atoms with Gasteiger partial charge in [0, 0.05) is 32.6 Å². The Morgan fingerprint density at radius 1 is 0.314 bits per heavy atom. The van der Waals surface area contributed by atoms with Crippen molar-refractivity contribution in [3.8, 4) is 33.6 Å². The standard InChI is InChI=1S/C48H30N2O/c1-2-13-31(14-3-1)32-27-29-33(30-28-32)49-39-20-7-4-15-36(39)46-34(18-10-22-41(46)49)35-19-11-23-42-47(35)37-16-5-8-21-40(37)50(42)43-24-12-26-45-48(43)38-17-6-9-25-44(38)51-45/h1-30H. The second kappa shape index (κ2) is 10.8. The molecular formula is C48H30N2O. The molecule has 8 aromatic carbocycles. The summed E-state index contributed by atoms with van der Waals surface area (Å²) in [5, 5.41) is 7.22. The summed E-state index contributed by atoms with van der Waals surface area (Å²) >= 11 is 0. The van der Waals surface area contributed by atoms with Crippen molar-refractivity contribution in [1.29, 1.82) is 0 Å². The van der Waals surface area contributed by atoms with Gasteiger partial charge < -0.3 is 13.6 Å². The van der Waals surface area contributed by atoms with Crippen LogP contribution in [0.3, 0.4) is 0 Å². The molecule has 0 amide bonds. The summed E-state index contributed by atoms with van der Waals surface area (Å²) in [6.07, 6.45) is 0. The molecule has 0 fully saturated rings. The van der Waals surface area contributed by atoms with Crippen molar-refractivity contribution < 1.29 is 4.42 Å². The fourth-order valence-electron chi connectivity index (χ4n) is 8.40. The first-order valence-corrected chi connectivity index (χ1v) is 17.4. The maximum Gasteiger partial charge on any atom is 0.137 e. The monoisotopic (exact) mass is 650 g/mol. The van der Waals surface area contributed by atoms with Gasteiger partial charge in [0.2, 0.25) is 0 Å².